The summed E-state index contributed by atoms with van der Waals surface area (Å²) in [5.74, 6) is 6.21. The summed E-state index contributed by atoms with van der Waals surface area (Å²) in [4.78, 5) is 13.0. The highest BCUT2D eigenvalue weighted by molar-refractivity contribution is 5.68. The Morgan fingerprint density at radius 1 is 1.12 bits per heavy atom. The van der Waals surface area contributed by atoms with E-state index < -0.39 is 0 Å². The SMILES string of the molecule is CC(C)OCc1cccc(CN(N)/C=C(\N)c2cc(-c3cccc(C#N)c3)nc(N)n2)n1. The van der Waals surface area contributed by atoms with Gasteiger partial charge in [-0.15, -0.1) is 0 Å². The normalized spacial score (nSPS) is 11.4. The fourth-order valence-corrected chi connectivity index (χ4v) is 2.94. The van der Waals surface area contributed by atoms with Crippen LogP contribution in [0.3, 0.4) is 0 Å². The number of nitrogens with two attached hydrogens (primary N) is 3. The second-order valence-electron chi connectivity index (χ2n) is 7.43. The third-order valence-corrected chi connectivity index (χ3v) is 4.41. The number of nitriles is 1. The molecular formula is C23H26N8O. The van der Waals surface area contributed by atoms with E-state index in [1.54, 1.807) is 30.5 Å². The fourth-order valence-electron chi connectivity index (χ4n) is 2.94. The molecule has 0 aliphatic rings. The summed E-state index contributed by atoms with van der Waals surface area (Å²) in [7, 11) is 0. The van der Waals surface area contributed by atoms with E-state index in [9.17, 15) is 0 Å². The molecule has 2 aromatic heterocycles. The first-order chi connectivity index (χ1) is 15.3. The van der Waals surface area contributed by atoms with Crippen LogP contribution in [0.2, 0.25) is 0 Å². The standard InChI is InChI=1S/C23H26N8O/c1-15(2)32-14-19-8-4-7-18(28-19)12-31(27)13-20(25)22-10-21(29-23(26)30-22)17-6-3-5-16(9-17)11-24/h3-10,13,15H,12,14,25,27H2,1-2H3,(H2,26,29,30)/b20-13-. The summed E-state index contributed by atoms with van der Waals surface area (Å²) in [5, 5.41) is 10.6. The molecule has 6 N–H and O–H groups in total. The molecule has 0 bridgehead atoms. The van der Waals surface area contributed by atoms with Crippen LogP contribution >= 0.6 is 0 Å². The molecule has 3 rings (SSSR count). The Bertz CT molecular complexity index is 1150. The van der Waals surface area contributed by atoms with Crippen LogP contribution in [-0.2, 0) is 17.9 Å². The van der Waals surface area contributed by atoms with Crippen molar-refractivity contribution in [2.75, 3.05) is 5.73 Å². The van der Waals surface area contributed by atoms with Crippen molar-refractivity contribution in [2.45, 2.75) is 33.1 Å². The van der Waals surface area contributed by atoms with Crippen LogP contribution in [-0.4, -0.2) is 26.1 Å². The average molecular weight is 431 g/mol. The number of anilines is 1. The van der Waals surface area contributed by atoms with Crippen LogP contribution in [0.4, 0.5) is 5.95 Å². The van der Waals surface area contributed by atoms with Crippen LogP contribution < -0.4 is 17.3 Å². The van der Waals surface area contributed by atoms with Gasteiger partial charge in [-0.25, -0.2) is 15.8 Å². The lowest BCUT2D eigenvalue weighted by Gasteiger charge is -2.16. The number of aromatic nitrogens is 3. The fraction of sp³-hybridized carbons (Fsp3) is 0.217. The lowest BCUT2D eigenvalue weighted by Crippen LogP contribution is -2.26. The van der Waals surface area contributed by atoms with Crippen molar-refractivity contribution < 1.29 is 4.74 Å². The number of hydrogen-bond donors (Lipinski definition) is 3. The quantitative estimate of drug-likeness (QED) is 0.361. The van der Waals surface area contributed by atoms with Crippen LogP contribution in [0.5, 0.6) is 0 Å². The summed E-state index contributed by atoms with van der Waals surface area (Å²) in [6.07, 6.45) is 1.69. The number of nitrogens with zero attached hydrogens (tertiary/aromatic N) is 5. The molecule has 0 aliphatic carbocycles. The highest BCUT2D eigenvalue weighted by Crippen LogP contribution is 2.21. The minimum Gasteiger partial charge on any atom is -0.396 e. The second kappa shape index (κ2) is 10.3. The van der Waals surface area contributed by atoms with Crippen molar-refractivity contribution in [3.63, 3.8) is 0 Å². The number of hydrogen-bond acceptors (Lipinski definition) is 9. The van der Waals surface area contributed by atoms with Gasteiger partial charge in [-0.05, 0) is 44.2 Å². The molecule has 0 saturated heterocycles. The first kappa shape index (κ1) is 22.7. The second-order valence-corrected chi connectivity index (χ2v) is 7.43. The number of ether oxygens (including phenoxy) is 1. The zero-order chi connectivity index (χ0) is 23.1. The highest BCUT2D eigenvalue weighted by Gasteiger charge is 2.09. The molecule has 0 spiro atoms. The molecule has 1 aromatic carbocycles. The van der Waals surface area contributed by atoms with E-state index in [4.69, 9.17) is 27.3 Å². The third kappa shape index (κ3) is 6.25. The number of rotatable bonds is 8. The first-order valence-electron chi connectivity index (χ1n) is 10.0. The van der Waals surface area contributed by atoms with Gasteiger partial charge in [-0.3, -0.25) is 4.98 Å². The Morgan fingerprint density at radius 2 is 1.88 bits per heavy atom. The number of pyridine rings is 1. The van der Waals surface area contributed by atoms with Crippen molar-refractivity contribution >= 4 is 11.6 Å². The van der Waals surface area contributed by atoms with Gasteiger partial charge < -0.3 is 21.2 Å². The van der Waals surface area contributed by atoms with Gasteiger partial charge in [0, 0.05) is 11.8 Å². The molecule has 0 unspecified atom stereocenters. The molecule has 32 heavy (non-hydrogen) atoms. The van der Waals surface area contributed by atoms with E-state index in [0.717, 1.165) is 17.0 Å². The summed E-state index contributed by atoms with van der Waals surface area (Å²) in [5.41, 5.74) is 16.3. The maximum Gasteiger partial charge on any atom is 0.221 e. The van der Waals surface area contributed by atoms with Gasteiger partial charge in [0.2, 0.25) is 5.95 Å². The molecular weight excluding hydrogens is 404 g/mol. The summed E-state index contributed by atoms with van der Waals surface area (Å²) < 4.78 is 5.60. The molecule has 9 heteroatoms. The largest absolute Gasteiger partial charge is 0.396 e. The minimum absolute atomic E-state index is 0.0688. The van der Waals surface area contributed by atoms with Gasteiger partial charge in [-0.1, -0.05) is 18.2 Å². The monoisotopic (exact) mass is 430 g/mol. The number of hydrazine groups is 1. The zero-order valence-corrected chi connectivity index (χ0v) is 18.1. The van der Waals surface area contributed by atoms with E-state index in [2.05, 4.69) is 21.0 Å². The lowest BCUT2D eigenvalue weighted by atomic mass is 10.1. The van der Waals surface area contributed by atoms with Crippen LogP contribution in [0, 0.1) is 11.3 Å². The van der Waals surface area contributed by atoms with Crippen molar-refractivity contribution in [3.8, 4) is 17.3 Å². The summed E-state index contributed by atoms with van der Waals surface area (Å²) in [6.45, 7) is 4.73. The van der Waals surface area contributed by atoms with E-state index in [1.165, 1.54) is 5.01 Å². The summed E-state index contributed by atoms with van der Waals surface area (Å²) in [6, 6.07) is 16.6. The van der Waals surface area contributed by atoms with E-state index in [1.807, 2.05) is 38.1 Å². The summed E-state index contributed by atoms with van der Waals surface area (Å²) >= 11 is 0. The third-order valence-electron chi connectivity index (χ3n) is 4.41. The van der Waals surface area contributed by atoms with Crippen molar-refractivity contribution in [1.82, 2.24) is 20.0 Å². The van der Waals surface area contributed by atoms with Gasteiger partial charge in [0.1, 0.15) is 0 Å². The van der Waals surface area contributed by atoms with Gasteiger partial charge >= 0.3 is 0 Å². The Labute approximate surface area is 187 Å². The van der Waals surface area contributed by atoms with Gasteiger partial charge in [-0.2, -0.15) is 5.26 Å². The number of nitrogen functional groups attached to an aromatic ring is 1. The average Bonchev–Trinajstić information content (AvgIpc) is 2.77. The maximum atomic E-state index is 9.13. The van der Waals surface area contributed by atoms with E-state index >= 15 is 0 Å². The van der Waals surface area contributed by atoms with Gasteiger partial charge in [0.05, 0.1) is 59.4 Å². The molecule has 0 radical (unpaired) electrons. The molecule has 0 atom stereocenters. The van der Waals surface area contributed by atoms with E-state index in [-0.39, 0.29) is 12.1 Å². The zero-order valence-electron chi connectivity index (χ0n) is 18.1. The maximum absolute atomic E-state index is 9.13. The molecule has 3 aromatic rings. The predicted octanol–water partition coefficient (Wildman–Crippen LogP) is 2.55. The van der Waals surface area contributed by atoms with E-state index in [0.29, 0.717) is 35.8 Å². The van der Waals surface area contributed by atoms with Gasteiger partial charge in [0.15, 0.2) is 0 Å². The van der Waals surface area contributed by atoms with Crippen molar-refractivity contribution in [3.05, 3.63) is 77.4 Å². The Balaban J connectivity index is 1.77. The Hall–Kier alpha value is -4.00. The molecule has 0 saturated carbocycles. The van der Waals surface area contributed by atoms with Crippen molar-refractivity contribution in [1.29, 1.82) is 5.26 Å². The molecule has 164 valence electrons. The molecule has 9 nitrogen and oxygen atoms in total. The molecule has 2 heterocycles. The Kier molecular flexibility index (Phi) is 7.33. The Morgan fingerprint density at radius 3 is 2.62 bits per heavy atom. The molecule has 0 amide bonds. The predicted molar refractivity (Wildman–Crippen MR) is 123 cm³/mol. The molecule has 0 aliphatic heterocycles. The first-order valence-corrected chi connectivity index (χ1v) is 10.0. The van der Waals surface area contributed by atoms with Crippen LogP contribution in [0.1, 0.15) is 36.5 Å². The molecule has 0 fully saturated rings. The topological polar surface area (TPSA) is 153 Å². The van der Waals surface area contributed by atoms with Gasteiger partial charge in [0.25, 0.3) is 0 Å². The van der Waals surface area contributed by atoms with Crippen LogP contribution in [0.25, 0.3) is 17.0 Å². The lowest BCUT2D eigenvalue weighted by molar-refractivity contribution is 0.0634. The van der Waals surface area contributed by atoms with Crippen LogP contribution in [0.15, 0.2) is 54.7 Å². The minimum atomic E-state index is 0.0688. The number of benzene rings is 1. The highest BCUT2D eigenvalue weighted by atomic mass is 16.5. The smallest absolute Gasteiger partial charge is 0.221 e. The van der Waals surface area contributed by atoms with Crippen molar-refractivity contribution in [2.24, 2.45) is 11.6 Å².